The van der Waals surface area contributed by atoms with Crippen LogP contribution in [0.1, 0.15) is 11.1 Å². The average Bonchev–Trinajstić information content (AvgIpc) is 2.40. The minimum Gasteiger partial charge on any atom is -0.489 e. The van der Waals surface area contributed by atoms with Gasteiger partial charge in [-0.1, -0.05) is 24.3 Å². The largest absolute Gasteiger partial charge is 0.489 e. The number of hydrogen-bond donors (Lipinski definition) is 1. The molecule has 0 bridgehead atoms. The van der Waals surface area contributed by atoms with Gasteiger partial charge in [0.2, 0.25) is 0 Å². The van der Waals surface area contributed by atoms with Crippen LogP contribution in [0.15, 0.2) is 48.5 Å². The molecule has 0 amide bonds. The zero-order valence-electron chi connectivity index (χ0n) is 9.97. The van der Waals surface area contributed by atoms with Gasteiger partial charge in [-0.05, 0) is 41.8 Å². The van der Waals surface area contributed by atoms with E-state index >= 15 is 0 Å². The summed E-state index contributed by atoms with van der Waals surface area (Å²) in [5.74, 6) is 0.521. The molecule has 0 aliphatic carbocycles. The fraction of sp³-hybridized carbons (Fsp3) is 0.200. The molecule has 2 aromatic rings. The quantitative estimate of drug-likeness (QED) is 0.879. The van der Waals surface area contributed by atoms with Crippen LogP contribution in [-0.2, 0) is 13.0 Å². The topological polar surface area (TPSA) is 29.5 Å². The third-order valence-electron chi connectivity index (χ3n) is 2.64. The van der Waals surface area contributed by atoms with E-state index in [0.717, 1.165) is 16.9 Å². The number of halogens is 1. The predicted molar refractivity (Wildman–Crippen MR) is 68.0 cm³/mol. The molecule has 2 nitrogen and oxygen atoms in total. The summed E-state index contributed by atoms with van der Waals surface area (Å²) in [6, 6.07) is 13.8. The van der Waals surface area contributed by atoms with Crippen LogP contribution in [0.5, 0.6) is 5.75 Å². The van der Waals surface area contributed by atoms with E-state index < -0.39 is 0 Å². The summed E-state index contributed by atoms with van der Waals surface area (Å²) in [5.41, 5.74) is 2.00. The Bertz CT molecular complexity index is 477. The number of rotatable bonds is 5. The van der Waals surface area contributed by atoms with E-state index in [1.807, 2.05) is 24.3 Å². The highest BCUT2D eigenvalue weighted by atomic mass is 19.1. The lowest BCUT2D eigenvalue weighted by molar-refractivity contribution is 0.298. The zero-order valence-corrected chi connectivity index (χ0v) is 9.97. The molecule has 0 aromatic heterocycles. The van der Waals surface area contributed by atoms with Crippen molar-refractivity contribution in [1.82, 2.24) is 0 Å². The van der Waals surface area contributed by atoms with Gasteiger partial charge in [-0.3, -0.25) is 0 Å². The predicted octanol–water partition coefficient (Wildman–Crippen LogP) is 2.94. The molecule has 1 N–H and O–H groups in total. The number of aliphatic hydroxyl groups is 1. The molecule has 0 atom stereocenters. The van der Waals surface area contributed by atoms with Gasteiger partial charge in [0.05, 0.1) is 0 Å². The fourth-order valence-corrected chi connectivity index (χ4v) is 1.63. The number of ether oxygens (including phenoxy) is 1. The molecule has 0 saturated carbocycles. The first kappa shape index (κ1) is 12.6. The van der Waals surface area contributed by atoms with E-state index in [4.69, 9.17) is 9.84 Å². The van der Waals surface area contributed by atoms with Crippen LogP contribution in [0.25, 0.3) is 0 Å². The second-order valence-electron chi connectivity index (χ2n) is 4.03. The molecule has 0 aliphatic heterocycles. The van der Waals surface area contributed by atoms with Crippen molar-refractivity contribution in [3.8, 4) is 5.75 Å². The van der Waals surface area contributed by atoms with Crippen molar-refractivity contribution in [3.05, 3.63) is 65.5 Å². The number of hydrogen-bond acceptors (Lipinski definition) is 2. The monoisotopic (exact) mass is 246 g/mol. The van der Waals surface area contributed by atoms with Crippen LogP contribution in [0.4, 0.5) is 4.39 Å². The lowest BCUT2D eigenvalue weighted by atomic mass is 10.1. The Kier molecular flexibility index (Phi) is 4.31. The van der Waals surface area contributed by atoms with E-state index in [1.165, 1.54) is 12.1 Å². The van der Waals surface area contributed by atoms with Crippen LogP contribution < -0.4 is 4.74 Å². The third-order valence-corrected chi connectivity index (χ3v) is 2.64. The highest BCUT2D eigenvalue weighted by Crippen LogP contribution is 2.14. The van der Waals surface area contributed by atoms with Crippen LogP contribution in [-0.4, -0.2) is 11.7 Å². The molecule has 3 heteroatoms. The second-order valence-corrected chi connectivity index (χ2v) is 4.03. The first-order valence-corrected chi connectivity index (χ1v) is 5.85. The number of aliphatic hydroxyl groups excluding tert-OH is 1. The number of benzene rings is 2. The van der Waals surface area contributed by atoms with Crippen molar-refractivity contribution in [2.24, 2.45) is 0 Å². The lowest BCUT2D eigenvalue weighted by Gasteiger charge is -2.07. The SMILES string of the molecule is OCCc1ccc(OCc2ccc(F)cc2)cc1. The maximum atomic E-state index is 12.7. The Balaban J connectivity index is 1.91. The van der Waals surface area contributed by atoms with Gasteiger partial charge in [0, 0.05) is 6.61 Å². The van der Waals surface area contributed by atoms with Gasteiger partial charge >= 0.3 is 0 Å². The first-order chi connectivity index (χ1) is 8.78. The summed E-state index contributed by atoms with van der Waals surface area (Å²) in [5, 5.41) is 8.80. The highest BCUT2D eigenvalue weighted by molar-refractivity contribution is 5.28. The van der Waals surface area contributed by atoms with Crippen LogP contribution in [0.2, 0.25) is 0 Å². The van der Waals surface area contributed by atoms with E-state index in [9.17, 15) is 4.39 Å². The Labute approximate surface area is 106 Å². The van der Waals surface area contributed by atoms with Gasteiger partial charge in [-0.15, -0.1) is 0 Å². The van der Waals surface area contributed by atoms with Crippen molar-refractivity contribution in [2.75, 3.05) is 6.61 Å². The maximum Gasteiger partial charge on any atom is 0.123 e. The third kappa shape index (κ3) is 3.57. The van der Waals surface area contributed by atoms with Crippen LogP contribution in [0.3, 0.4) is 0 Å². The molecular formula is C15H15FO2. The molecule has 0 radical (unpaired) electrons. The molecule has 0 aliphatic rings. The van der Waals surface area contributed by atoms with E-state index in [0.29, 0.717) is 13.0 Å². The Morgan fingerprint density at radius 1 is 0.889 bits per heavy atom. The standard InChI is InChI=1S/C15H15FO2/c16-14-5-1-13(2-6-14)11-18-15-7-3-12(4-8-15)9-10-17/h1-8,17H,9-11H2. The molecule has 94 valence electrons. The zero-order chi connectivity index (χ0) is 12.8. The van der Waals surface area contributed by atoms with Crippen molar-refractivity contribution in [3.63, 3.8) is 0 Å². The fourth-order valence-electron chi connectivity index (χ4n) is 1.63. The minimum absolute atomic E-state index is 0.149. The summed E-state index contributed by atoms with van der Waals surface area (Å²) in [6.07, 6.45) is 0.651. The molecule has 2 rings (SSSR count). The van der Waals surface area contributed by atoms with Crippen molar-refractivity contribution in [2.45, 2.75) is 13.0 Å². The second kappa shape index (κ2) is 6.17. The minimum atomic E-state index is -0.243. The van der Waals surface area contributed by atoms with E-state index in [-0.39, 0.29) is 12.4 Å². The maximum absolute atomic E-state index is 12.7. The van der Waals surface area contributed by atoms with Crippen molar-refractivity contribution < 1.29 is 14.2 Å². The van der Waals surface area contributed by atoms with Crippen LogP contribution in [0, 0.1) is 5.82 Å². The van der Waals surface area contributed by atoms with Gasteiger partial charge in [0.1, 0.15) is 18.2 Å². The lowest BCUT2D eigenvalue weighted by Crippen LogP contribution is -1.96. The van der Waals surface area contributed by atoms with Gasteiger partial charge in [-0.25, -0.2) is 4.39 Å². The summed E-state index contributed by atoms with van der Waals surface area (Å²) in [7, 11) is 0. The molecule has 0 saturated heterocycles. The highest BCUT2D eigenvalue weighted by Gasteiger charge is 1.97. The molecule has 0 unspecified atom stereocenters. The Morgan fingerprint density at radius 3 is 2.11 bits per heavy atom. The summed E-state index contributed by atoms with van der Waals surface area (Å²) < 4.78 is 18.3. The van der Waals surface area contributed by atoms with Gasteiger partial charge < -0.3 is 9.84 Å². The van der Waals surface area contributed by atoms with Crippen molar-refractivity contribution in [1.29, 1.82) is 0 Å². The average molecular weight is 246 g/mol. The molecule has 18 heavy (non-hydrogen) atoms. The van der Waals surface area contributed by atoms with E-state index in [1.54, 1.807) is 12.1 Å². The van der Waals surface area contributed by atoms with Gasteiger partial charge in [0.15, 0.2) is 0 Å². The Hall–Kier alpha value is -1.87. The summed E-state index contributed by atoms with van der Waals surface area (Å²) >= 11 is 0. The summed E-state index contributed by atoms with van der Waals surface area (Å²) in [4.78, 5) is 0. The first-order valence-electron chi connectivity index (χ1n) is 5.85. The van der Waals surface area contributed by atoms with Crippen molar-refractivity contribution >= 4 is 0 Å². The van der Waals surface area contributed by atoms with Crippen LogP contribution >= 0.6 is 0 Å². The molecule has 2 aromatic carbocycles. The normalized spacial score (nSPS) is 10.3. The van der Waals surface area contributed by atoms with Gasteiger partial charge in [0.25, 0.3) is 0 Å². The van der Waals surface area contributed by atoms with E-state index in [2.05, 4.69) is 0 Å². The smallest absolute Gasteiger partial charge is 0.123 e. The molecule has 0 fully saturated rings. The molecule has 0 heterocycles. The van der Waals surface area contributed by atoms with Gasteiger partial charge in [-0.2, -0.15) is 0 Å². The summed E-state index contributed by atoms with van der Waals surface area (Å²) in [6.45, 7) is 0.565. The molecule has 0 spiro atoms. The molecular weight excluding hydrogens is 231 g/mol. The Morgan fingerprint density at radius 2 is 1.50 bits per heavy atom.